The van der Waals surface area contributed by atoms with E-state index < -0.39 is 0 Å². The van der Waals surface area contributed by atoms with Crippen molar-refractivity contribution in [3.05, 3.63) is 52.4 Å². The molecule has 1 saturated heterocycles. The molecule has 1 amide bonds. The molecule has 0 aliphatic carbocycles. The van der Waals surface area contributed by atoms with E-state index in [1.807, 2.05) is 42.2 Å². The second-order valence-electron chi connectivity index (χ2n) is 8.00. The van der Waals surface area contributed by atoms with Crippen molar-refractivity contribution in [1.29, 1.82) is 0 Å². The fourth-order valence-corrected chi connectivity index (χ4v) is 4.30. The van der Waals surface area contributed by atoms with E-state index in [0.29, 0.717) is 61.8 Å². The van der Waals surface area contributed by atoms with Crippen LogP contribution in [0.5, 0.6) is 11.5 Å². The maximum atomic E-state index is 13.0. The van der Waals surface area contributed by atoms with Crippen LogP contribution in [0.2, 0.25) is 0 Å². The Bertz CT molecular complexity index is 1220. The number of nitrogens with one attached hydrogen (secondary N) is 1. The lowest BCUT2D eigenvalue weighted by molar-refractivity contribution is -0.125. The van der Waals surface area contributed by atoms with Gasteiger partial charge < -0.3 is 19.7 Å². The van der Waals surface area contributed by atoms with E-state index in [1.54, 1.807) is 10.8 Å². The average Bonchev–Trinajstić information content (AvgIpc) is 3.30. The fraction of sp³-hybridized carbons (Fsp3) is 0.391. The first-order chi connectivity index (χ1) is 15.6. The van der Waals surface area contributed by atoms with Crippen molar-refractivity contribution >= 4 is 22.9 Å². The Labute approximate surface area is 185 Å². The van der Waals surface area contributed by atoms with Crippen LogP contribution in [-0.4, -0.2) is 40.3 Å². The van der Waals surface area contributed by atoms with E-state index in [1.165, 1.54) is 0 Å². The minimum absolute atomic E-state index is 0.0314. The predicted molar refractivity (Wildman–Crippen MR) is 119 cm³/mol. The van der Waals surface area contributed by atoms with E-state index in [9.17, 15) is 9.59 Å². The van der Waals surface area contributed by atoms with Gasteiger partial charge in [0.05, 0.1) is 0 Å². The summed E-state index contributed by atoms with van der Waals surface area (Å²) < 4.78 is 12.4. The van der Waals surface area contributed by atoms with Gasteiger partial charge in [-0.25, -0.2) is 9.97 Å². The molecule has 0 unspecified atom stereocenters. The molecule has 166 valence electrons. The highest BCUT2D eigenvalue weighted by Gasteiger charge is 2.27. The Balaban J connectivity index is 1.23. The lowest BCUT2D eigenvalue weighted by Gasteiger charge is -2.32. The van der Waals surface area contributed by atoms with Gasteiger partial charge in [0.25, 0.3) is 5.56 Å². The lowest BCUT2D eigenvalue weighted by Crippen LogP contribution is -2.43. The third kappa shape index (κ3) is 3.74. The minimum atomic E-state index is -0.135. The summed E-state index contributed by atoms with van der Waals surface area (Å²) in [6.07, 6.45) is 3.01. The zero-order valence-corrected chi connectivity index (χ0v) is 17.9. The van der Waals surface area contributed by atoms with E-state index >= 15 is 0 Å². The summed E-state index contributed by atoms with van der Waals surface area (Å²) in [5, 5.41) is 3.02. The quantitative estimate of drug-likeness (QED) is 0.655. The number of rotatable bonds is 5. The van der Waals surface area contributed by atoms with E-state index in [2.05, 4.69) is 15.3 Å². The molecular weight excluding hydrogens is 410 g/mol. The van der Waals surface area contributed by atoms with Crippen LogP contribution >= 0.6 is 0 Å². The number of piperidine rings is 1. The molecule has 9 heteroatoms. The summed E-state index contributed by atoms with van der Waals surface area (Å²) in [5.74, 6) is 1.82. The van der Waals surface area contributed by atoms with Gasteiger partial charge in [-0.3, -0.25) is 14.2 Å². The van der Waals surface area contributed by atoms with E-state index in [-0.39, 0.29) is 24.2 Å². The fourth-order valence-electron chi connectivity index (χ4n) is 4.30. The summed E-state index contributed by atoms with van der Waals surface area (Å²) in [5.41, 5.74) is 2.13. The number of carbonyl (C=O) groups is 1. The zero-order chi connectivity index (χ0) is 22.1. The molecule has 0 saturated carbocycles. The Morgan fingerprint density at radius 3 is 2.81 bits per heavy atom. The van der Waals surface area contributed by atoms with Crippen molar-refractivity contribution in [2.45, 2.75) is 32.9 Å². The molecule has 4 heterocycles. The molecule has 9 nitrogen and oxygen atoms in total. The molecular formula is C23H25N5O4. The van der Waals surface area contributed by atoms with Gasteiger partial charge in [-0.1, -0.05) is 6.07 Å². The first-order valence-corrected chi connectivity index (χ1v) is 10.9. The molecule has 0 spiro atoms. The van der Waals surface area contributed by atoms with Crippen molar-refractivity contribution in [3.8, 4) is 11.5 Å². The van der Waals surface area contributed by atoms with Crippen LogP contribution in [0, 0.1) is 5.92 Å². The number of ether oxygens (including phenoxy) is 2. The summed E-state index contributed by atoms with van der Waals surface area (Å²) in [6.45, 7) is 4.35. The van der Waals surface area contributed by atoms with Crippen LogP contribution in [0.1, 0.15) is 25.3 Å². The van der Waals surface area contributed by atoms with Crippen molar-refractivity contribution in [2.75, 3.05) is 24.8 Å². The molecule has 1 fully saturated rings. The number of fused-ring (bicyclic) bond motifs is 2. The second kappa shape index (κ2) is 8.49. The van der Waals surface area contributed by atoms with Crippen LogP contribution in [0.4, 0.5) is 5.82 Å². The normalized spacial score (nSPS) is 15.8. The van der Waals surface area contributed by atoms with Gasteiger partial charge in [0, 0.05) is 38.3 Å². The monoisotopic (exact) mass is 435 g/mol. The van der Waals surface area contributed by atoms with Crippen molar-refractivity contribution in [1.82, 2.24) is 19.9 Å². The van der Waals surface area contributed by atoms with Crippen LogP contribution in [0.3, 0.4) is 0 Å². The van der Waals surface area contributed by atoms with Crippen LogP contribution < -0.4 is 25.2 Å². The molecule has 0 atom stereocenters. The van der Waals surface area contributed by atoms with Crippen molar-refractivity contribution in [3.63, 3.8) is 0 Å². The summed E-state index contributed by atoms with van der Waals surface area (Å²) in [4.78, 5) is 36.6. The van der Waals surface area contributed by atoms with Gasteiger partial charge in [0.2, 0.25) is 12.7 Å². The van der Waals surface area contributed by atoms with Crippen LogP contribution in [-0.2, 0) is 17.9 Å². The molecule has 32 heavy (non-hydrogen) atoms. The Hall–Kier alpha value is -3.62. The molecule has 2 aliphatic rings. The minimum Gasteiger partial charge on any atom is -0.454 e. The Morgan fingerprint density at radius 1 is 1.19 bits per heavy atom. The number of hydrogen-bond acceptors (Lipinski definition) is 7. The SMILES string of the molecule is CCn1c(=O)c(N2CCC(C(=O)NCc3ccc4c(c3)OCO4)CC2)nc2cccnc21. The number of carbonyl (C=O) groups excluding carboxylic acids is 1. The topological polar surface area (TPSA) is 98.6 Å². The van der Waals surface area contributed by atoms with Gasteiger partial charge in [0.1, 0.15) is 5.52 Å². The second-order valence-corrected chi connectivity index (χ2v) is 8.00. The molecule has 1 N–H and O–H groups in total. The average molecular weight is 435 g/mol. The number of hydrogen-bond donors (Lipinski definition) is 1. The van der Waals surface area contributed by atoms with Gasteiger partial charge in [-0.2, -0.15) is 0 Å². The van der Waals surface area contributed by atoms with Gasteiger partial charge in [-0.05, 0) is 49.6 Å². The third-order valence-corrected chi connectivity index (χ3v) is 6.07. The number of anilines is 1. The molecule has 3 aromatic rings. The molecule has 2 aliphatic heterocycles. The Morgan fingerprint density at radius 2 is 2.00 bits per heavy atom. The molecule has 2 aromatic heterocycles. The highest BCUT2D eigenvalue weighted by Crippen LogP contribution is 2.32. The highest BCUT2D eigenvalue weighted by atomic mass is 16.7. The van der Waals surface area contributed by atoms with Crippen molar-refractivity contribution in [2.24, 2.45) is 5.92 Å². The van der Waals surface area contributed by atoms with Crippen molar-refractivity contribution < 1.29 is 14.3 Å². The predicted octanol–water partition coefficient (Wildman–Crippen LogP) is 2.07. The van der Waals surface area contributed by atoms with Crippen LogP contribution in [0.15, 0.2) is 41.3 Å². The molecule has 1 aromatic carbocycles. The number of pyridine rings is 1. The zero-order valence-electron chi connectivity index (χ0n) is 17.9. The van der Waals surface area contributed by atoms with Crippen LogP contribution in [0.25, 0.3) is 11.2 Å². The third-order valence-electron chi connectivity index (χ3n) is 6.07. The van der Waals surface area contributed by atoms with Gasteiger partial charge in [-0.15, -0.1) is 0 Å². The number of aryl methyl sites for hydroxylation is 1. The largest absolute Gasteiger partial charge is 0.454 e. The number of amides is 1. The lowest BCUT2D eigenvalue weighted by atomic mass is 9.96. The Kier molecular flexibility index (Phi) is 5.38. The van der Waals surface area contributed by atoms with Gasteiger partial charge in [0.15, 0.2) is 23.0 Å². The summed E-state index contributed by atoms with van der Waals surface area (Å²) in [6, 6.07) is 9.37. The number of benzene rings is 1. The van der Waals surface area contributed by atoms with E-state index in [0.717, 1.165) is 11.3 Å². The molecule has 0 bridgehead atoms. The maximum absolute atomic E-state index is 13.0. The summed E-state index contributed by atoms with van der Waals surface area (Å²) in [7, 11) is 0. The molecule has 0 radical (unpaired) electrons. The standard InChI is InChI=1S/C23H25N5O4/c1-2-28-20-17(4-3-9-24-20)26-21(23(28)30)27-10-7-16(8-11-27)22(29)25-13-15-5-6-18-19(12-15)32-14-31-18/h3-6,9,12,16H,2,7-8,10-11,13-14H2,1H3,(H,25,29). The molecule has 5 rings (SSSR count). The highest BCUT2D eigenvalue weighted by molar-refractivity contribution is 5.79. The number of aromatic nitrogens is 3. The van der Waals surface area contributed by atoms with Gasteiger partial charge >= 0.3 is 0 Å². The first-order valence-electron chi connectivity index (χ1n) is 10.9. The first kappa shape index (κ1) is 20.3. The summed E-state index contributed by atoms with van der Waals surface area (Å²) >= 11 is 0. The maximum Gasteiger partial charge on any atom is 0.295 e. The number of nitrogens with zero attached hydrogens (tertiary/aromatic N) is 4. The van der Waals surface area contributed by atoms with E-state index in [4.69, 9.17) is 9.47 Å². The smallest absolute Gasteiger partial charge is 0.295 e.